The number of hydrogen-bond acceptors (Lipinski definition) is 4. The van der Waals surface area contributed by atoms with Crippen LogP contribution < -0.4 is 16.4 Å². The molecule has 1 aliphatic rings. The first-order chi connectivity index (χ1) is 12.0. The molecule has 4 N–H and O–H groups in total. The normalized spacial score (nSPS) is 16.2. The highest BCUT2D eigenvalue weighted by molar-refractivity contribution is 6.00. The maximum Gasteiger partial charge on any atom is 0.251 e. The fourth-order valence-electron chi connectivity index (χ4n) is 3.03. The number of carbonyl (C=O) groups is 2. The van der Waals surface area contributed by atoms with E-state index in [1.165, 1.54) is 0 Å². The number of nitrogens with two attached hydrogens (primary N) is 1. The van der Waals surface area contributed by atoms with Crippen LogP contribution in [0.15, 0.2) is 24.3 Å². The quantitative estimate of drug-likeness (QED) is 0.630. The lowest BCUT2D eigenvalue weighted by Crippen LogP contribution is -2.52. The van der Waals surface area contributed by atoms with Crippen molar-refractivity contribution in [3.8, 4) is 0 Å². The molecule has 0 heterocycles. The molecule has 0 aliphatic heterocycles. The van der Waals surface area contributed by atoms with Gasteiger partial charge in [0.25, 0.3) is 5.91 Å². The van der Waals surface area contributed by atoms with Gasteiger partial charge in [-0.1, -0.05) is 25.3 Å². The van der Waals surface area contributed by atoms with E-state index in [0.717, 1.165) is 25.7 Å². The van der Waals surface area contributed by atoms with Gasteiger partial charge in [-0.05, 0) is 44.4 Å². The lowest BCUT2D eigenvalue weighted by molar-refractivity contribution is -0.122. The van der Waals surface area contributed by atoms with Crippen molar-refractivity contribution >= 4 is 17.5 Å². The molecular formula is C19H29N3O3. The summed E-state index contributed by atoms with van der Waals surface area (Å²) in [5, 5.41) is 5.72. The van der Waals surface area contributed by atoms with Crippen LogP contribution in [0.25, 0.3) is 0 Å². The fourth-order valence-corrected chi connectivity index (χ4v) is 3.03. The van der Waals surface area contributed by atoms with Gasteiger partial charge in [0.2, 0.25) is 5.91 Å². The Morgan fingerprint density at radius 3 is 2.72 bits per heavy atom. The molecule has 1 aromatic rings. The number of benzene rings is 1. The topological polar surface area (TPSA) is 93.5 Å². The Morgan fingerprint density at radius 1 is 1.24 bits per heavy atom. The Bertz CT molecular complexity index is 583. The summed E-state index contributed by atoms with van der Waals surface area (Å²) < 4.78 is 5.24. The van der Waals surface area contributed by atoms with Gasteiger partial charge in [0.15, 0.2) is 0 Å². The minimum atomic E-state index is -0.796. The zero-order valence-electron chi connectivity index (χ0n) is 15.0. The second-order valence-corrected chi connectivity index (χ2v) is 6.56. The van der Waals surface area contributed by atoms with Crippen molar-refractivity contribution in [1.29, 1.82) is 0 Å². The lowest BCUT2D eigenvalue weighted by Gasteiger charge is -2.31. The van der Waals surface area contributed by atoms with Crippen LogP contribution in [0.4, 0.5) is 5.69 Å². The zero-order chi connectivity index (χ0) is 18.1. The van der Waals surface area contributed by atoms with Gasteiger partial charge in [-0.2, -0.15) is 0 Å². The third-order valence-corrected chi connectivity index (χ3v) is 4.54. The van der Waals surface area contributed by atoms with Crippen molar-refractivity contribution in [2.24, 2.45) is 5.73 Å². The van der Waals surface area contributed by atoms with Crippen LogP contribution in [-0.2, 0) is 9.53 Å². The molecule has 1 aliphatic carbocycles. The third kappa shape index (κ3) is 5.83. The first kappa shape index (κ1) is 19.4. The molecule has 0 aromatic heterocycles. The van der Waals surface area contributed by atoms with Crippen molar-refractivity contribution < 1.29 is 14.3 Å². The second kappa shape index (κ2) is 9.53. The molecule has 0 bridgehead atoms. The zero-order valence-corrected chi connectivity index (χ0v) is 15.0. The van der Waals surface area contributed by atoms with E-state index >= 15 is 0 Å². The molecule has 0 unspecified atom stereocenters. The number of carbonyl (C=O) groups excluding carboxylic acids is 2. The number of nitrogens with one attached hydrogen (secondary N) is 2. The van der Waals surface area contributed by atoms with Gasteiger partial charge in [-0.25, -0.2) is 0 Å². The van der Waals surface area contributed by atoms with Crippen LogP contribution >= 0.6 is 0 Å². The lowest BCUT2D eigenvalue weighted by atomic mass is 9.82. The van der Waals surface area contributed by atoms with Gasteiger partial charge in [-0.15, -0.1) is 0 Å². The molecule has 2 amide bonds. The number of ether oxygens (including phenoxy) is 1. The highest BCUT2D eigenvalue weighted by Gasteiger charge is 2.35. The van der Waals surface area contributed by atoms with Crippen molar-refractivity contribution in [2.75, 3.05) is 25.1 Å². The fraction of sp³-hybridized carbons (Fsp3) is 0.579. The summed E-state index contributed by atoms with van der Waals surface area (Å²) in [7, 11) is 0. The van der Waals surface area contributed by atoms with Crippen LogP contribution in [0.5, 0.6) is 0 Å². The Morgan fingerprint density at radius 2 is 2.00 bits per heavy atom. The van der Waals surface area contributed by atoms with E-state index in [4.69, 9.17) is 10.5 Å². The van der Waals surface area contributed by atoms with Gasteiger partial charge >= 0.3 is 0 Å². The standard InChI is InChI=1S/C19H29N3O3/c1-2-25-13-7-12-21-17(23)15-8-6-9-16(14-15)22-18(24)19(20)10-4-3-5-11-19/h6,8-9,14H,2-5,7,10-13,20H2,1H3,(H,21,23)(H,22,24). The van der Waals surface area contributed by atoms with Crippen LogP contribution in [0.3, 0.4) is 0 Å². The summed E-state index contributed by atoms with van der Waals surface area (Å²) in [4.78, 5) is 24.7. The van der Waals surface area contributed by atoms with E-state index < -0.39 is 5.54 Å². The van der Waals surface area contributed by atoms with E-state index in [2.05, 4.69) is 10.6 Å². The van der Waals surface area contributed by atoms with E-state index in [1.54, 1.807) is 24.3 Å². The van der Waals surface area contributed by atoms with E-state index in [1.807, 2.05) is 6.92 Å². The van der Waals surface area contributed by atoms with E-state index in [0.29, 0.717) is 43.9 Å². The van der Waals surface area contributed by atoms with Gasteiger partial charge in [0, 0.05) is 31.0 Å². The van der Waals surface area contributed by atoms with Crippen molar-refractivity contribution in [2.45, 2.75) is 51.0 Å². The minimum absolute atomic E-state index is 0.160. The average Bonchev–Trinajstić information content (AvgIpc) is 2.62. The predicted octanol–water partition coefficient (Wildman–Crippen LogP) is 2.44. The molecule has 1 saturated carbocycles. The molecule has 0 atom stereocenters. The summed E-state index contributed by atoms with van der Waals surface area (Å²) in [6.07, 6.45) is 5.27. The van der Waals surface area contributed by atoms with Gasteiger partial charge in [0.05, 0.1) is 5.54 Å². The first-order valence-corrected chi connectivity index (χ1v) is 9.11. The summed E-state index contributed by atoms with van der Waals surface area (Å²) in [6.45, 7) is 3.81. The van der Waals surface area contributed by atoms with Crippen LogP contribution in [-0.4, -0.2) is 37.1 Å². The average molecular weight is 347 g/mol. The highest BCUT2D eigenvalue weighted by Crippen LogP contribution is 2.27. The third-order valence-electron chi connectivity index (χ3n) is 4.54. The van der Waals surface area contributed by atoms with E-state index in [9.17, 15) is 9.59 Å². The molecule has 1 aromatic carbocycles. The molecule has 6 nitrogen and oxygen atoms in total. The Labute approximate surface area is 149 Å². The number of amides is 2. The van der Waals surface area contributed by atoms with Crippen LogP contribution in [0.1, 0.15) is 55.8 Å². The molecular weight excluding hydrogens is 318 g/mol. The molecule has 2 rings (SSSR count). The molecule has 1 fully saturated rings. The summed E-state index contributed by atoms with van der Waals surface area (Å²) in [6, 6.07) is 6.94. The SMILES string of the molecule is CCOCCCNC(=O)c1cccc(NC(=O)C2(N)CCCCC2)c1. The Balaban J connectivity index is 1.89. The van der Waals surface area contributed by atoms with Crippen molar-refractivity contribution in [3.05, 3.63) is 29.8 Å². The number of anilines is 1. The van der Waals surface area contributed by atoms with E-state index in [-0.39, 0.29) is 11.8 Å². The van der Waals surface area contributed by atoms with Crippen LogP contribution in [0, 0.1) is 0 Å². The van der Waals surface area contributed by atoms with Crippen molar-refractivity contribution in [1.82, 2.24) is 5.32 Å². The molecule has 0 radical (unpaired) electrons. The van der Waals surface area contributed by atoms with Gasteiger partial charge < -0.3 is 21.1 Å². The molecule has 25 heavy (non-hydrogen) atoms. The largest absolute Gasteiger partial charge is 0.382 e. The van der Waals surface area contributed by atoms with Crippen LogP contribution in [0.2, 0.25) is 0 Å². The maximum absolute atomic E-state index is 12.5. The Hall–Kier alpha value is -1.92. The van der Waals surface area contributed by atoms with Crippen molar-refractivity contribution in [3.63, 3.8) is 0 Å². The number of rotatable bonds is 8. The maximum atomic E-state index is 12.5. The van der Waals surface area contributed by atoms with Gasteiger partial charge in [-0.3, -0.25) is 9.59 Å². The Kier molecular flexibility index (Phi) is 7.40. The molecule has 0 saturated heterocycles. The summed E-state index contributed by atoms with van der Waals surface area (Å²) >= 11 is 0. The second-order valence-electron chi connectivity index (χ2n) is 6.56. The summed E-state index contributed by atoms with van der Waals surface area (Å²) in [5.41, 5.74) is 6.57. The number of hydrogen-bond donors (Lipinski definition) is 3. The molecule has 6 heteroatoms. The predicted molar refractivity (Wildman–Crippen MR) is 98.5 cm³/mol. The molecule has 0 spiro atoms. The smallest absolute Gasteiger partial charge is 0.251 e. The summed E-state index contributed by atoms with van der Waals surface area (Å²) in [5.74, 6) is -0.325. The minimum Gasteiger partial charge on any atom is -0.382 e. The highest BCUT2D eigenvalue weighted by atomic mass is 16.5. The monoisotopic (exact) mass is 347 g/mol. The molecule has 138 valence electrons. The first-order valence-electron chi connectivity index (χ1n) is 9.11. The van der Waals surface area contributed by atoms with Gasteiger partial charge in [0.1, 0.15) is 0 Å².